The lowest BCUT2D eigenvalue weighted by molar-refractivity contribution is -0.139. The normalized spacial score (nSPS) is 20.6. The average molecular weight is 389 g/mol. The van der Waals surface area contributed by atoms with Gasteiger partial charge in [0.25, 0.3) is 0 Å². The molecule has 1 amide bonds. The lowest BCUT2D eigenvalue weighted by Crippen LogP contribution is -2.51. The molecule has 0 saturated carbocycles. The van der Waals surface area contributed by atoms with Crippen LogP contribution < -0.4 is 0 Å². The highest BCUT2D eigenvalue weighted by Crippen LogP contribution is 2.40. The molecule has 7 heteroatoms. The van der Waals surface area contributed by atoms with Crippen molar-refractivity contribution in [2.75, 3.05) is 39.9 Å². The Morgan fingerprint density at radius 1 is 1.19 bits per heavy atom. The minimum Gasteiger partial charge on any atom is -0.385 e. The summed E-state index contributed by atoms with van der Waals surface area (Å²) in [5.41, 5.74) is 3.62. The molecule has 0 unspecified atom stereocenters. The van der Waals surface area contributed by atoms with E-state index in [2.05, 4.69) is 36.7 Å². The van der Waals surface area contributed by atoms with E-state index in [1.807, 2.05) is 0 Å². The predicted octanol–water partition coefficient (Wildman–Crippen LogP) is 2.93. The maximum Gasteiger partial charge on any atom is 0.222 e. The third-order valence-electron chi connectivity index (χ3n) is 6.17. The number of nitrogens with zero attached hydrogens (tertiary/aromatic N) is 4. The Morgan fingerprint density at radius 3 is 2.81 bits per heavy atom. The monoisotopic (exact) mass is 388 g/mol. The van der Waals surface area contributed by atoms with Gasteiger partial charge in [0.15, 0.2) is 0 Å². The molecule has 146 valence electrons. The van der Waals surface area contributed by atoms with E-state index < -0.39 is 0 Å². The topological polar surface area (TPSA) is 58.6 Å². The number of carbonyl (C=O) groups excluding carboxylic acids is 1. The number of ether oxygens (including phenoxy) is 1. The molecular weight excluding hydrogens is 360 g/mol. The number of piperidine rings is 2. The van der Waals surface area contributed by atoms with Crippen LogP contribution in [0.1, 0.15) is 37.7 Å². The van der Waals surface area contributed by atoms with Gasteiger partial charge in [-0.15, -0.1) is 0 Å². The van der Waals surface area contributed by atoms with Crippen molar-refractivity contribution in [3.63, 3.8) is 0 Å². The molecule has 4 rings (SSSR count). The van der Waals surface area contributed by atoms with Crippen molar-refractivity contribution in [2.45, 2.75) is 38.6 Å². The van der Waals surface area contributed by atoms with Crippen molar-refractivity contribution >= 4 is 28.7 Å². The quantitative estimate of drug-likeness (QED) is 0.712. The van der Waals surface area contributed by atoms with Gasteiger partial charge in [0.05, 0.1) is 11.7 Å². The van der Waals surface area contributed by atoms with Crippen LogP contribution in [0.4, 0.5) is 0 Å². The molecule has 2 aliphatic rings. The highest BCUT2D eigenvalue weighted by Gasteiger charge is 2.40. The van der Waals surface area contributed by atoms with Gasteiger partial charge in [-0.25, -0.2) is 0 Å². The number of rotatable bonds is 6. The molecule has 0 N–H and O–H groups in total. The van der Waals surface area contributed by atoms with Gasteiger partial charge in [-0.05, 0) is 61.9 Å². The first-order chi connectivity index (χ1) is 13.2. The van der Waals surface area contributed by atoms with Crippen LogP contribution in [0, 0.1) is 5.41 Å². The van der Waals surface area contributed by atoms with E-state index in [1.54, 1.807) is 7.11 Å². The van der Waals surface area contributed by atoms with Gasteiger partial charge < -0.3 is 9.64 Å². The second kappa shape index (κ2) is 8.20. The van der Waals surface area contributed by atoms with Crippen molar-refractivity contribution in [3.8, 4) is 0 Å². The van der Waals surface area contributed by atoms with E-state index in [-0.39, 0.29) is 0 Å². The maximum atomic E-state index is 12.3. The van der Waals surface area contributed by atoms with Gasteiger partial charge in [-0.1, -0.05) is 6.07 Å². The third-order valence-corrected chi connectivity index (χ3v) is 6.72. The van der Waals surface area contributed by atoms with Crippen molar-refractivity contribution in [1.29, 1.82) is 0 Å². The van der Waals surface area contributed by atoms with Crippen molar-refractivity contribution in [1.82, 2.24) is 18.5 Å². The van der Waals surface area contributed by atoms with E-state index >= 15 is 0 Å². The average Bonchev–Trinajstić information content (AvgIpc) is 3.15. The Balaban J connectivity index is 1.32. The standard InChI is InChI=1S/C20H28N4O2S/c1-26-12-2-9-24-15-20(6-5-19(24)25)7-10-23(11-8-20)14-16-3-4-17-18(13-16)22-27-21-17/h3-4,13H,2,5-12,14-15H2,1H3. The summed E-state index contributed by atoms with van der Waals surface area (Å²) in [6.45, 7) is 5.67. The van der Waals surface area contributed by atoms with Crippen LogP contribution >= 0.6 is 11.7 Å². The predicted molar refractivity (Wildman–Crippen MR) is 107 cm³/mol. The maximum absolute atomic E-state index is 12.3. The number of aromatic nitrogens is 2. The zero-order valence-corrected chi connectivity index (χ0v) is 16.8. The summed E-state index contributed by atoms with van der Waals surface area (Å²) in [5, 5.41) is 0. The number of benzene rings is 1. The zero-order chi connectivity index (χ0) is 18.7. The summed E-state index contributed by atoms with van der Waals surface area (Å²) in [6.07, 6.45) is 5.05. The van der Waals surface area contributed by atoms with Crippen LogP contribution in [-0.2, 0) is 16.1 Å². The smallest absolute Gasteiger partial charge is 0.222 e. The van der Waals surface area contributed by atoms with Crippen LogP contribution in [0.3, 0.4) is 0 Å². The molecule has 1 spiro atoms. The van der Waals surface area contributed by atoms with Gasteiger partial charge in [0.1, 0.15) is 11.0 Å². The lowest BCUT2D eigenvalue weighted by Gasteiger charge is -2.47. The molecule has 0 radical (unpaired) electrons. The molecule has 2 saturated heterocycles. The van der Waals surface area contributed by atoms with Crippen LogP contribution in [0.15, 0.2) is 18.2 Å². The Bertz CT molecular complexity index is 785. The summed E-state index contributed by atoms with van der Waals surface area (Å²) >= 11 is 1.28. The second-order valence-corrected chi connectivity index (χ2v) is 8.55. The summed E-state index contributed by atoms with van der Waals surface area (Å²) in [5.74, 6) is 0.323. The van der Waals surface area contributed by atoms with Crippen LogP contribution in [0.2, 0.25) is 0 Å². The van der Waals surface area contributed by atoms with Gasteiger partial charge >= 0.3 is 0 Å². The molecule has 2 aliphatic heterocycles. The van der Waals surface area contributed by atoms with Gasteiger partial charge in [0.2, 0.25) is 5.91 Å². The molecule has 0 atom stereocenters. The van der Waals surface area contributed by atoms with E-state index in [9.17, 15) is 4.79 Å². The van der Waals surface area contributed by atoms with E-state index in [0.29, 0.717) is 17.7 Å². The molecule has 27 heavy (non-hydrogen) atoms. The number of hydrogen-bond donors (Lipinski definition) is 0. The summed E-state index contributed by atoms with van der Waals surface area (Å²) < 4.78 is 13.8. The second-order valence-electron chi connectivity index (χ2n) is 8.03. The van der Waals surface area contributed by atoms with Crippen molar-refractivity contribution in [3.05, 3.63) is 23.8 Å². The SMILES string of the molecule is COCCCN1CC2(CCC1=O)CCN(Cc1ccc3nsnc3c1)CC2. The van der Waals surface area contributed by atoms with E-state index in [0.717, 1.165) is 63.2 Å². The highest BCUT2D eigenvalue weighted by molar-refractivity contribution is 7.00. The molecule has 1 aromatic carbocycles. The first-order valence-electron chi connectivity index (χ1n) is 9.88. The van der Waals surface area contributed by atoms with Crippen LogP contribution in [-0.4, -0.2) is 64.3 Å². The summed E-state index contributed by atoms with van der Waals surface area (Å²) in [7, 11) is 1.72. The fraction of sp³-hybridized carbons (Fsp3) is 0.650. The van der Waals surface area contributed by atoms with Crippen LogP contribution in [0.5, 0.6) is 0 Å². The number of amides is 1. The minimum absolute atomic E-state index is 0.320. The largest absolute Gasteiger partial charge is 0.385 e. The first kappa shape index (κ1) is 18.8. The molecule has 0 aliphatic carbocycles. The van der Waals surface area contributed by atoms with E-state index in [1.165, 1.54) is 30.1 Å². The number of carbonyl (C=O) groups is 1. The Labute approximate surface area is 164 Å². The minimum atomic E-state index is 0.320. The van der Waals surface area contributed by atoms with Gasteiger partial charge in [-0.3, -0.25) is 9.69 Å². The fourth-order valence-corrected chi connectivity index (χ4v) is 5.00. The number of fused-ring (bicyclic) bond motifs is 1. The highest BCUT2D eigenvalue weighted by atomic mass is 32.1. The number of likely N-dealkylation sites (tertiary alicyclic amines) is 2. The number of methoxy groups -OCH3 is 1. The summed E-state index contributed by atoms with van der Waals surface area (Å²) in [6, 6.07) is 6.41. The molecule has 6 nitrogen and oxygen atoms in total. The lowest BCUT2D eigenvalue weighted by atomic mass is 9.72. The van der Waals surface area contributed by atoms with Gasteiger partial charge in [-0.2, -0.15) is 8.75 Å². The van der Waals surface area contributed by atoms with E-state index in [4.69, 9.17) is 4.74 Å². The number of hydrogen-bond acceptors (Lipinski definition) is 6. The Kier molecular flexibility index (Phi) is 5.71. The Hall–Kier alpha value is -1.57. The van der Waals surface area contributed by atoms with Gasteiger partial charge in [0, 0.05) is 39.8 Å². The first-order valence-corrected chi connectivity index (χ1v) is 10.6. The van der Waals surface area contributed by atoms with Crippen molar-refractivity contribution in [2.24, 2.45) is 5.41 Å². The Morgan fingerprint density at radius 2 is 2.00 bits per heavy atom. The zero-order valence-electron chi connectivity index (χ0n) is 16.0. The molecule has 3 heterocycles. The van der Waals surface area contributed by atoms with Crippen LogP contribution in [0.25, 0.3) is 11.0 Å². The van der Waals surface area contributed by atoms with Crippen molar-refractivity contribution < 1.29 is 9.53 Å². The summed E-state index contributed by atoms with van der Waals surface area (Å²) in [4.78, 5) is 16.9. The fourth-order valence-electron chi connectivity index (χ4n) is 4.48. The third kappa shape index (κ3) is 4.31. The molecule has 2 aromatic rings. The molecular formula is C20H28N4O2S. The molecule has 2 fully saturated rings. The molecule has 1 aromatic heterocycles. The molecule has 0 bridgehead atoms.